The Hall–Kier alpha value is -3.85. The van der Waals surface area contributed by atoms with E-state index in [4.69, 9.17) is 9.47 Å². The molecule has 1 amide bonds. The van der Waals surface area contributed by atoms with Crippen LogP contribution in [0, 0.1) is 13.8 Å². The molecule has 0 aliphatic heterocycles. The first kappa shape index (κ1) is 27.7. The molecule has 0 atom stereocenters. The molecule has 0 unspecified atom stereocenters. The molecule has 9 heteroatoms. The van der Waals surface area contributed by atoms with Crippen molar-refractivity contribution in [2.75, 3.05) is 24.1 Å². The average molecular weight is 524 g/mol. The van der Waals surface area contributed by atoms with Gasteiger partial charge in [0.25, 0.3) is 15.9 Å². The molecule has 0 aliphatic rings. The van der Waals surface area contributed by atoms with Crippen molar-refractivity contribution in [1.82, 2.24) is 5.43 Å². The molecule has 3 aromatic rings. The first-order chi connectivity index (χ1) is 17.8. The third kappa shape index (κ3) is 7.33. The molecule has 0 saturated heterocycles. The van der Waals surface area contributed by atoms with Gasteiger partial charge in [-0.15, -0.1) is 0 Å². The molecule has 3 rings (SSSR count). The number of hydrazone groups is 1. The van der Waals surface area contributed by atoms with Crippen LogP contribution in [0.25, 0.3) is 0 Å². The molecule has 0 aliphatic carbocycles. The fraction of sp³-hybridized carbons (Fsp3) is 0.286. The van der Waals surface area contributed by atoms with Crippen molar-refractivity contribution in [1.29, 1.82) is 0 Å². The zero-order valence-corrected chi connectivity index (χ0v) is 22.4. The fourth-order valence-electron chi connectivity index (χ4n) is 3.65. The minimum atomic E-state index is -4.00. The highest BCUT2D eigenvalue weighted by Gasteiger charge is 2.28. The van der Waals surface area contributed by atoms with Gasteiger partial charge in [0, 0.05) is 0 Å². The molecule has 37 heavy (non-hydrogen) atoms. The van der Waals surface area contributed by atoms with Gasteiger partial charge in [-0.05, 0) is 74.7 Å². The number of aryl methyl sites for hydroxylation is 2. The Kier molecular flexibility index (Phi) is 9.68. The van der Waals surface area contributed by atoms with Gasteiger partial charge in [-0.3, -0.25) is 9.10 Å². The fourth-order valence-corrected chi connectivity index (χ4v) is 5.16. The molecule has 0 aromatic heterocycles. The minimum Gasteiger partial charge on any atom is -0.490 e. The maximum atomic E-state index is 13.5. The Bertz CT molecular complexity index is 1340. The number of carbonyl (C=O) groups excluding carboxylic acids is 1. The van der Waals surface area contributed by atoms with Gasteiger partial charge in [0.05, 0.1) is 30.0 Å². The Morgan fingerprint density at radius 2 is 1.73 bits per heavy atom. The SMILES string of the molecule is CCCOc1ccc(C=NNC(=O)CN(c2ccc(C)cc2C)S(=O)(=O)c2ccccc2)cc1OCC. The second kappa shape index (κ2) is 12.9. The normalized spacial score (nSPS) is 11.4. The van der Waals surface area contributed by atoms with Gasteiger partial charge in [0.15, 0.2) is 11.5 Å². The lowest BCUT2D eigenvalue weighted by Crippen LogP contribution is -2.40. The number of carbonyl (C=O) groups is 1. The molecule has 0 radical (unpaired) electrons. The van der Waals surface area contributed by atoms with Crippen molar-refractivity contribution in [2.45, 2.75) is 39.0 Å². The Morgan fingerprint density at radius 1 is 0.973 bits per heavy atom. The highest BCUT2D eigenvalue weighted by Crippen LogP contribution is 2.29. The summed E-state index contributed by atoms with van der Waals surface area (Å²) in [5.41, 5.74) is 5.29. The maximum Gasteiger partial charge on any atom is 0.264 e. The van der Waals surface area contributed by atoms with E-state index in [1.54, 1.807) is 42.5 Å². The summed E-state index contributed by atoms with van der Waals surface area (Å²) in [6.45, 7) is 8.26. The summed E-state index contributed by atoms with van der Waals surface area (Å²) in [7, 11) is -4.00. The van der Waals surface area contributed by atoms with Crippen molar-refractivity contribution in [3.63, 3.8) is 0 Å². The molecular formula is C28H33N3O5S. The first-order valence-corrected chi connectivity index (χ1v) is 13.6. The van der Waals surface area contributed by atoms with E-state index in [0.717, 1.165) is 21.9 Å². The summed E-state index contributed by atoms with van der Waals surface area (Å²) in [6.07, 6.45) is 2.34. The topological polar surface area (TPSA) is 97.3 Å². The number of rotatable bonds is 12. The molecule has 0 heterocycles. The zero-order valence-electron chi connectivity index (χ0n) is 21.6. The van der Waals surface area contributed by atoms with Crippen LogP contribution in [-0.2, 0) is 14.8 Å². The molecule has 1 N–H and O–H groups in total. The Morgan fingerprint density at radius 3 is 2.41 bits per heavy atom. The van der Waals surface area contributed by atoms with E-state index in [9.17, 15) is 13.2 Å². The predicted octanol–water partition coefficient (Wildman–Crippen LogP) is 4.84. The number of amides is 1. The van der Waals surface area contributed by atoms with Gasteiger partial charge in [-0.2, -0.15) is 5.10 Å². The molecule has 8 nitrogen and oxygen atoms in total. The second-order valence-corrected chi connectivity index (χ2v) is 10.3. The van der Waals surface area contributed by atoms with Crippen LogP contribution in [0.4, 0.5) is 5.69 Å². The summed E-state index contributed by atoms with van der Waals surface area (Å²) in [4.78, 5) is 12.9. The first-order valence-electron chi connectivity index (χ1n) is 12.1. The van der Waals surface area contributed by atoms with E-state index in [0.29, 0.717) is 36.0 Å². The number of sulfonamides is 1. The van der Waals surface area contributed by atoms with E-state index >= 15 is 0 Å². The summed E-state index contributed by atoms with van der Waals surface area (Å²) < 4.78 is 39.4. The van der Waals surface area contributed by atoms with Crippen LogP contribution in [0.1, 0.15) is 37.0 Å². The van der Waals surface area contributed by atoms with Gasteiger partial charge in [-0.25, -0.2) is 13.8 Å². The maximum absolute atomic E-state index is 13.5. The molecule has 0 spiro atoms. The summed E-state index contributed by atoms with van der Waals surface area (Å²) in [5.74, 6) is 0.643. The summed E-state index contributed by atoms with van der Waals surface area (Å²) in [5, 5.41) is 4.03. The molecule has 0 bridgehead atoms. The number of hydrogen-bond donors (Lipinski definition) is 1. The quantitative estimate of drug-likeness (QED) is 0.271. The van der Waals surface area contributed by atoms with Crippen molar-refractivity contribution in [2.24, 2.45) is 5.10 Å². The van der Waals surface area contributed by atoms with E-state index < -0.39 is 22.5 Å². The van der Waals surface area contributed by atoms with E-state index in [1.165, 1.54) is 18.3 Å². The third-order valence-corrected chi connectivity index (χ3v) is 7.15. The van der Waals surface area contributed by atoms with Gasteiger partial charge >= 0.3 is 0 Å². The molecule has 0 fully saturated rings. The van der Waals surface area contributed by atoms with Crippen molar-refractivity contribution >= 4 is 27.8 Å². The van der Waals surface area contributed by atoms with Crippen LogP contribution in [0.2, 0.25) is 0 Å². The summed E-state index contributed by atoms with van der Waals surface area (Å²) in [6, 6.07) is 18.8. The lowest BCUT2D eigenvalue weighted by atomic mass is 10.1. The van der Waals surface area contributed by atoms with E-state index in [1.807, 2.05) is 39.8 Å². The Labute approximate surface area is 219 Å². The van der Waals surface area contributed by atoms with Crippen LogP contribution in [0.15, 0.2) is 76.7 Å². The predicted molar refractivity (Wildman–Crippen MR) is 146 cm³/mol. The number of anilines is 1. The van der Waals surface area contributed by atoms with E-state index in [-0.39, 0.29) is 4.90 Å². The summed E-state index contributed by atoms with van der Waals surface area (Å²) >= 11 is 0. The van der Waals surface area contributed by atoms with Crippen LogP contribution in [0.5, 0.6) is 11.5 Å². The molecule has 196 valence electrons. The van der Waals surface area contributed by atoms with Crippen LogP contribution >= 0.6 is 0 Å². The number of hydrogen-bond acceptors (Lipinski definition) is 6. The van der Waals surface area contributed by atoms with Crippen molar-refractivity contribution in [3.8, 4) is 11.5 Å². The zero-order chi connectivity index (χ0) is 26.8. The van der Waals surface area contributed by atoms with Crippen LogP contribution < -0.4 is 19.2 Å². The second-order valence-electron chi connectivity index (χ2n) is 8.40. The van der Waals surface area contributed by atoms with Gasteiger partial charge < -0.3 is 9.47 Å². The van der Waals surface area contributed by atoms with Crippen LogP contribution in [0.3, 0.4) is 0 Å². The van der Waals surface area contributed by atoms with Gasteiger partial charge in [0.2, 0.25) is 0 Å². The van der Waals surface area contributed by atoms with Crippen molar-refractivity contribution in [3.05, 3.63) is 83.4 Å². The minimum absolute atomic E-state index is 0.0973. The van der Waals surface area contributed by atoms with E-state index in [2.05, 4.69) is 10.5 Å². The lowest BCUT2D eigenvalue weighted by Gasteiger charge is -2.25. The van der Waals surface area contributed by atoms with Crippen molar-refractivity contribution < 1.29 is 22.7 Å². The molecular weight excluding hydrogens is 490 g/mol. The largest absolute Gasteiger partial charge is 0.490 e. The monoisotopic (exact) mass is 523 g/mol. The Balaban J connectivity index is 1.80. The van der Waals surface area contributed by atoms with Crippen LogP contribution in [-0.4, -0.2) is 40.3 Å². The highest BCUT2D eigenvalue weighted by molar-refractivity contribution is 7.92. The smallest absolute Gasteiger partial charge is 0.264 e. The van der Waals surface area contributed by atoms with Gasteiger partial charge in [-0.1, -0.05) is 42.8 Å². The van der Waals surface area contributed by atoms with Gasteiger partial charge in [0.1, 0.15) is 6.54 Å². The third-order valence-electron chi connectivity index (χ3n) is 5.37. The number of nitrogens with one attached hydrogen (secondary N) is 1. The number of benzene rings is 3. The average Bonchev–Trinajstić information content (AvgIpc) is 2.88. The number of nitrogens with zero attached hydrogens (tertiary/aromatic N) is 2. The highest BCUT2D eigenvalue weighted by atomic mass is 32.2. The number of ether oxygens (including phenoxy) is 2. The molecule has 3 aromatic carbocycles. The molecule has 0 saturated carbocycles. The lowest BCUT2D eigenvalue weighted by molar-refractivity contribution is -0.119. The standard InChI is InChI=1S/C28H33N3O5S/c1-5-16-36-26-15-13-23(18-27(26)35-6-2)19-29-30-28(32)20-31(25-14-12-21(3)17-22(25)4)37(33,34)24-10-8-7-9-11-24/h7-15,17-19H,5-6,16,20H2,1-4H3,(H,30,32).